The summed E-state index contributed by atoms with van der Waals surface area (Å²) < 4.78 is 7.49. The summed E-state index contributed by atoms with van der Waals surface area (Å²) in [6.45, 7) is 9.08. The van der Waals surface area contributed by atoms with Crippen LogP contribution in [0.3, 0.4) is 0 Å². The molecule has 1 aromatic rings. The number of nitrogens with one attached hydrogen (secondary N) is 1. The molecule has 2 fully saturated rings. The summed E-state index contributed by atoms with van der Waals surface area (Å²) in [6.07, 6.45) is 2.56. The molecule has 6 nitrogen and oxygen atoms in total. The maximum atomic E-state index is 12.6. The van der Waals surface area contributed by atoms with E-state index in [1.165, 1.54) is 12.8 Å². The minimum atomic E-state index is -0.526. The van der Waals surface area contributed by atoms with Crippen LogP contribution in [0.25, 0.3) is 0 Å². The van der Waals surface area contributed by atoms with E-state index in [-0.39, 0.29) is 11.8 Å². The van der Waals surface area contributed by atoms with Gasteiger partial charge in [-0.3, -0.25) is 9.59 Å². The van der Waals surface area contributed by atoms with Crippen molar-refractivity contribution in [3.05, 3.63) is 23.0 Å². The standard InChI is InChI=1S/C18H27N3O3/c1-12-10-16(14(3)21(12)11-15-4-5-15)17(22)19-13(2)18(23)20-6-8-24-9-7-20/h10,13,15H,4-9,11H2,1-3H3,(H,19,22). The quantitative estimate of drug-likeness (QED) is 0.888. The second-order valence-electron chi connectivity index (χ2n) is 6.97. The molecule has 0 bridgehead atoms. The minimum Gasteiger partial charge on any atom is -0.378 e. The third-order valence-electron chi connectivity index (χ3n) is 5.00. The van der Waals surface area contributed by atoms with Crippen LogP contribution in [-0.2, 0) is 16.1 Å². The fourth-order valence-electron chi connectivity index (χ4n) is 3.26. The molecule has 1 N–H and O–H groups in total. The molecule has 132 valence electrons. The molecule has 1 saturated carbocycles. The van der Waals surface area contributed by atoms with Crippen molar-refractivity contribution in [3.63, 3.8) is 0 Å². The van der Waals surface area contributed by atoms with E-state index in [0.717, 1.165) is 23.9 Å². The van der Waals surface area contributed by atoms with Crippen LogP contribution in [0.4, 0.5) is 0 Å². The zero-order valence-electron chi connectivity index (χ0n) is 14.8. The molecular formula is C18H27N3O3. The van der Waals surface area contributed by atoms with Crippen molar-refractivity contribution >= 4 is 11.8 Å². The van der Waals surface area contributed by atoms with Crippen molar-refractivity contribution in [1.82, 2.24) is 14.8 Å². The SMILES string of the molecule is Cc1cc(C(=O)NC(C)C(=O)N2CCOCC2)c(C)n1CC1CC1. The first-order valence-electron chi connectivity index (χ1n) is 8.81. The molecule has 1 aliphatic heterocycles. The number of carbonyl (C=O) groups is 2. The number of carbonyl (C=O) groups excluding carboxylic acids is 2. The van der Waals surface area contributed by atoms with Gasteiger partial charge in [0, 0.05) is 31.0 Å². The molecule has 1 saturated heterocycles. The van der Waals surface area contributed by atoms with Gasteiger partial charge >= 0.3 is 0 Å². The highest BCUT2D eigenvalue weighted by molar-refractivity contribution is 5.98. The lowest BCUT2D eigenvalue weighted by atomic mass is 10.2. The number of nitrogens with zero attached hydrogens (tertiary/aromatic N) is 2. The summed E-state index contributed by atoms with van der Waals surface area (Å²) in [5, 5.41) is 2.86. The first kappa shape index (κ1) is 17.0. The van der Waals surface area contributed by atoms with Gasteiger partial charge in [-0.1, -0.05) is 0 Å². The topological polar surface area (TPSA) is 63.6 Å². The first-order valence-corrected chi connectivity index (χ1v) is 8.81. The van der Waals surface area contributed by atoms with Crippen LogP contribution in [0.1, 0.15) is 41.5 Å². The zero-order valence-corrected chi connectivity index (χ0v) is 14.8. The van der Waals surface area contributed by atoms with Gasteiger partial charge in [-0.2, -0.15) is 0 Å². The average Bonchev–Trinajstić information content (AvgIpc) is 3.36. The molecule has 0 radical (unpaired) electrons. The first-order chi connectivity index (χ1) is 11.5. The van der Waals surface area contributed by atoms with Gasteiger partial charge in [-0.15, -0.1) is 0 Å². The van der Waals surface area contributed by atoms with Gasteiger partial charge in [0.25, 0.3) is 5.91 Å². The number of hydrogen-bond donors (Lipinski definition) is 1. The molecule has 2 heterocycles. The average molecular weight is 333 g/mol. The summed E-state index contributed by atoms with van der Waals surface area (Å²) in [4.78, 5) is 26.8. The molecule has 0 aromatic carbocycles. The lowest BCUT2D eigenvalue weighted by Gasteiger charge is -2.29. The Kier molecular flexibility index (Phi) is 4.94. The Morgan fingerprint density at radius 1 is 1.29 bits per heavy atom. The van der Waals surface area contributed by atoms with Crippen LogP contribution >= 0.6 is 0 Å². The van der Waals surface area contributed by atoms with Crippen molar-refractivity contribution in [2.45, 2.75) is 46.2 Å². The lowest BCUT2D eigenvalue weighted by molar-refractivity contribution is -0.136. The van der Waals surface area contributed by atoms with E-state index in [9.17, 15) is 9.59 Å². The molecule has 6 heteroatoms. The summed E-state index contributed by atoms with van der Waals surface area (Å²) in [6, 6.07) is 1.40. The highest BCUT2D eigenvalue weighted by Gasteiger charge is 2.27. The van der Waals surface area contributed by atoms with Crippen molar-refractivity contribution in [1.29, 1.82) is 0 Å². The lowest BCUT2D eigenvalue weighted by Crippen LogP contribution is -2.50. The maximum absolute atomic E-state index is 12.6. The Morgan fingerprint density at radius 3 is 2.58 bits per heavy atom. The summed E-state index contributed by atoms with van der Waals surface area (Å²) in [5.74, 6) is 0.547. The van der Waals surface area contributed by atoms with Crippen molar-refractivity contribution in [2.75, 3.05) is 26.3 Å². The van der Waals surface area contributed by atoms with Gasteiger partial charge in [0.15, 0.2) is 0 Å². The van der Waals surface area contributed by atoms with Crippen LogP contribution in [0, 0.1) is 19.8 Å². The van der Waals surface area contributed by atoms with Crippen molar-refractivity contribution < 1.29 is 14.3 Å². The number of ether oxygens (including phenoxy) is 1. The third kappa shape index (κ3) is 3.64. The van der Waals surface area contributed by atoms with Crippen molar-refractivity contribution in [2.24, 2.45) is 5.92 Å². The second-order valence-corrected chi connectivity index (χ2v) is 6.97. The molecule has 1 atom stereocenters. The van der Waals surface area contributed by atoms with Crippen LogP contribution < -0.4 is 5.32 Å². The number of rotatable bonds is 5. The van der Waals surface area contributed by atoms with Crippen molar-refractivity contribution in [3.8, 4) is 0 Å². The Hall–Kier alpha value is -1.82. The molecule has 2 amide bonds. The van der Waals surface area contributed by atoms with Crippen LogP contribution in [0.15, 0.2) is 6.07 Å². The largest absolute Gasteiger partial charge is 0.378 e. The van der Waals surface area contributed by atoms with Crippen LogP contribution in [-0.4, -0.2) is 53.6 Å². The van der Waals surface area contributed by atoms with Gasteiger partial charge in [0.1, 0.15) is 6.04 Å². The molecule has 24 heavy (non-hydrogen) atoms. The molecular weight excluding hydrogens is 306 g/mol. The van der Waals surface area contributed by atoms with Gasteiger partial charge in [-0.25, -0.2) is 0 Å². The van der Waals surface area contributed by atoms with E-state index in [0.29, 0.717) is 31.9 Å². The molecule has 0 spiro atoms. The Morgan fingerprint density at radius 2 is 1.96 bits per heavy atom. The number of aryl methyl sites for hydroxylation is 1. The van der Waals surface area contributed by atoms with Gasteiger partial charge in [-0.05, 0) is 45.6 Å². The van der Waals surface area contributed by atoms with E-state index in [4.69, 9.17) is 4.74 Å². The third-order valence-corrected chi connectivity index (χ3v) is 5.00. The normalized spacial score (nSPS) is 19.2. The summed E-state index contributed by atoms with van der Waals surface area (Å²) >= 11 is 0. The predicted molar refractivity (Wildman–Crippen MR) is 91.0 cm³/mol. The highest BCUT2D eigenvalue weighted by atomic mass is 16.5. The monoisotopic (exact) mass is 333 g/mol. The summed E-state index contributed by atoms with van der Waals surface area (Å²) in [7, 11) is 0. The smallest absolute Gasteiger partial charge is 0.253 e. The molecule has 1 aliphatic carbocycles. The maximum Gasteiger partial charge on any atom is 0.253 e. The highest BCUT2D eigenvalue weighted by Crippen LogP contribution is 2.32. The summed E-state index contributed by atoms with van der Waals surface area (Å²) in [5.41, 5.74) is 2.77. The minimum absolute atomic E-state index is 0.0431. The van der Waals surface area contributed by atoms with E-state index in [1.807, 2.05) is 19.9 Å². The van der Waals surface area contributed by atoms with E-state index in [1.54, 1.807) is 11.8 Å². The van der Waals surface area contributed by atoms with Gasteiger partial charge in [0.2, 0.25) is 5.91 Å². The zero-order chi connectivity index (χ0) is 17.3. The van der Waals surface area contributed by atoms with Gasteiger partial charge in [0.05, 0.1) is 18.8 Å². The number of aromatic nitrogens is 1. The molecule has 2 aliphatic rings. The van der Waals surface area contributed by atoms with Crippen LogP contribution in [0.2, 0.25) is 0 Å². The number of hydrogen-bond acceptors (Lipinski definition) is 3. The fraction of sp³-hybridized carbons (Fsp3) is 0.667. The number of morpholine rings is 1. The second kappa shape index (κ2) is 6.97. The van der Waals surface area contributed by atoms with Crippen LogP contribution in [0.5, 0.6) is 0 Å². The predicted octanol–water partition coefficient (Wildman–Crippen LogP) is 1.49. The fourth-order valence-corrected chi connectivity index (χ4v) is 3.26. The van der Waals surface area contributed by atoms with E-state index < -0.39 is 6.04 Å². The Balaban J connectivity index is 1.64. The Labute approximate surface area is 143 Å². The van der Waals surface area contributed by atoms with Gasteiger partial charge < -0.3 is 19.5 Å². The molecule has 1 unspecified atom stereocenters. The van der Waals surface area contributed by atoms with E-state index in [2.05, 4.69) is 9.88 Å². The Bertz CT molecular complexity index is 628. The number of amides is 2. The molecule has 3 rings (SSSR count). The molecule has 1 aromatic heterocycles. The van der Waals surface area contributed by atoms with E-state index >= 15 is 0 Å².